The zero-order valence-corrected chi connectivity index (χ0v) is 10.1. The third-order valence-electron chi connectivity index (χ3n) is 2.42. The van der Waals surface area contributed by atoms with Crippen molar-refractivity contribution in [2.24, 2.45) is 0 Å². The summed E-state index contributed by atoms with van der Waals surface area (Å²) in [5, 5.41) is 11.9. The monoisotopic (exact) mass is 246 g/mol. The number of thiophene rings is 1. The second-order valence-corrected chi connectivity index (χ2v) is 4.69. The van der Waals surface area contributed by atoms with E-state index in [9.17, 15) is 4.39 Å². The van der Waals surface area contributed by atoms with Gasteiger partial charge in [0.1, 0.15) is 16.8 Å². The Kier molecular flexibility index (Phi) is 3.52. The van der Waals surface area contributed by atoms with Gasteiger partial charge < -0.3 is 5.32 Å². The normalized spacial score (nSPS) is 10.2. The number of nitriles is 1. The molecule has 0 aliphatic carbocycles. The van der Waals surface area contributed by atoms with E-state index in [1.54, 1.807) is 12.1 Å². The molecule has 0 aliphatic heterocycles. The predicted octanol–water partition coefficient (Wildman–Crippen LogP) is 3.15. The van der Waals surface area contributed by atoms with E-state index in [1.165, 1.54) is 23.5 Å². The maximum Gasteiger partial charge on any atom is 0.123 e. The Labute approximate surface area is 103 Å². The van der Waals surface area contributed by atoms with E-state index in [0.29, 0.717) is 11.4 Å². The second-order valence-electron chi connectivity index (χ2n) is 3.61. The van der Waals surface area contributed by atoms with Crippen LogP contribution in [0.25, 0.3) is 10.4 Å². The van der Waals surface area contributed by atoms with Crippen LogP contribution in [0.2, 0.25) is 0 Å². The first-order valence-corrected chi connectivity index (χ1v) is 5.99. The summed E-state index contributed by atoms with van der Waals surface area (Å²) in [6.45, 7) is 0.676. The van der Waals surface area contributed by atoms with E-state index < -0.39 is 0 Å². The van der Waals surface area contributed by atoms with Crippen LogP contribution < -0.4 is 5.32 Å². The van der Waals surface area contributed by atoms with Crippen LogP contribution in [0.5, 0.6) is 0 Å². The molecular formula is C13H11FN2S. The molecule has 1 heterocycles. The van der Waals surface area contributed by atoms with Gasteiger partial charge in [-0.1, -0.05) is 6.07 Å². The number of hydrogen-bond donors (Lipinski definition) is 1. The molecule has 0 saturated heterocycles. The van der Waals surface area contributed by atoms with Gasteiger partial charge in [-0.2, -0.15) is 5.26 Å². The maximum absolute atomic E-state index is 13.3. The fraction of sp³-hybridized carbons (Fsp3) is 0.154. The Bertz CT molecular complexity index is 569. The van der Waals surface area contributed by atoms with Crippen molar-refractivity contribution in [3.63, 3.8) is 0 Å². The molecular weight excluding hydrogens is 235 g/mol. The molecule has 1 aromatic carbocycles. The van der Waals surface area contributed by atoms with Crippen molar-refractivity contribution in [1.82, 2.24) is 5.32 Å². The fourth-order valence-electron chi connectivity index (χ4n) is 1.67. The quantitative estimate of drug-likeness (QED) is 0.903. The minimum atomic E-state index is -0.258. The van der Waals surface area contributed by atoms with Crippen molar-refractivity contribution in [1.29, 1.82) is 5.26 Å². The summed E-state index contributed by atoms with van der Waals surface area (Å²) in [6.07, 6.45) is 0. The van der Waals surface area contributed by atoms with E-state index in [4.69, 9.17) is 5.26 Å². The third-order valence-corrected chi connectivity index (χ3v) is 3.44. The van der Waals surface area contributed by atoms with Gasteiger partial charge in [0.25, 0.3) is 0 Å². The Balaban J connectivity index is 2.49. The van der Waals surface area contributed by atoms with Gasteiger partial charge in [0.15, 0.2) is 0 Å². The average molecular weight is 246 g/mol. The predicted molar refractivity (Wildman–Crippen MR) is 67.2 cm³/mol. The van der Waals surface area contributed by atoms with E-state index in [2.05, 4.69) is 11.4 Å². The largest absolute Gasteiger partial charge is 0.316 e. The van der Waals surface area contributed by atoms with Crippen molar-refractivity contribution >= 4 is 11.3 Å². The van der Waals surface area contributed by atoms with Gasteiger partial charge in [0.05, 0.1) is 0 Å². The molecule has 0 bridgehead atoms. The zero-order chi connectivity index (χ0) is 12.3. The molecule has 0 atom stereocenters. The number of nitrogens with zero attached hydrogens (tertiary/aromatic N) is 1. The molecule has 0 saturated carbocycles. The number of halogens is 1. The molecule has 0 spiro atoms. The lowest BCUT2D eigenvalue weighted by atomic mass is 10.1. The highest BCUT2D eigenvalue weighted by Crippen LogP contribution is 2.31. The van der Waals surface area contributed by atoms with Crippen LogP contribution >= 0.6 is 11.3 Å². The van der Waals surface area contributed by atoms with Crippen LogP contribution in [0.1, 0.15) is 10.4 Å². The summed E-state index contributed by atoms with van der Waals surface area (Å²) >= 11 is 1.38. The van der Waals surface area contributed by atoms with E-state index in [-0.39, 0.29) is 5.82 Å². The third kappa shape index (κ3) is 2.52. The number of rotatable bonds is 3. The van der Waals surface area contributed by atoms with E-state index in [1.807, 2.05) is 13.1 Å². The van der Waals surface area contributed by atoms with Crippen molar-refractivity contribution in [3.8, 4) is 16.5 Å². The number of benzene rings is 1. The first-order valence-electron chi connectivity index (χ1n) is 5.18. The summed E-state index contributed by atoms with van der Waals surface area (Å²) in [4.78, 5) is 1.56. The lowest BCUT2D eigenvalue weighted by Gasteiger charge is -2.07. The summed E-state index contributed by atoms with van der Waals surface area (Å²) in [7, 11) is 1.85. The zero-order valence-electron chi connectivity index (χ0n) is 9.33. The molecule has 0 unspecified atom stereocenters. The maximum atomic E-state index is 13.3. The van der Waals surface area contributed by atoms with Gasteiger partial charge >= 0.3 is 0 Å². The van der Waals surface area contributed by atoms with Crippen molar-refractivity contribution < 1.29 is 4.39 Å². The summed E-state index contributed by atoms with van der Waals surface area (Å²) in [6, 6.07) is 10.4. The Morgan fingerprint density at radius 1 is 1.35 bits per heavy atom. The van der Waals surface area contributed by atoms with Crippen LogP contribution in [0, 0.1) is 17.1 Å². The summed E-state index contributed by atoms with van der Waals surface area (Å²) in [5.41, 5.74) is 1.88. The van der Waals surface area contributed by atoms with Crippen molar-refractivity contribution in [2.75, 3.05) is 7.05 Å². The van der Waals surface area contributed by atoms with Crippen LogP contribution in [-0.4, -0.2) is 7.05 Å². The van der Waals surface area contributed by atoms with Crippen LogP contribution in [0.15, 0.2) is 30.3 Å². The van der Waals surface area contributed by atoms with Gasteiger partial charge in [-0.3, -0.25) is 0 Å². The molecule has 1 N–H and O–H groups in total. The average Bonchev–Trinajstić information content (AvgIpc) is 2.80. The standard InChI is InChI=1S/C13H11FN2S/c1-16-8-9-2-3-10(14)6-12(9)13-5-4-11(7-15)17-13/h2-6,16H,8H2,1H3. The van der Waals surface area contributed by atoms with Crippen molar-refractivity contribution in [2.45, 2.75) is 6.54 Å². The molecule has 1 aromatic heterocycles. The molecule has 0 radical (unpaired) electrons. The molecule has 86 valence electrons. The highest BCUT2D eigenvalue weighted by Gasteiger charge is 2.08. The van der Waals surface area contributed by atoms with Crippen molar-refractivity contribution in [3.05, 3.63) is 46.6 Å². The van der Waals surface area contributed by atoms with E-state index in [0.717, 1.165) is 16.0 Å². The molecule has 0 amide bonds. The van der Waals surface area contributed by atoms with Crippen LogP contribution in [0.3, 0.4) is 0 Å². The highest BCUT2D eigenvalue weighted by molar-refractivity contribution is 7.16. The molecule has 17 heavy (non-hydrogen) atoms. The minimum absolute atomic E-state index is 0.258. The first kappa shape index (κ1) is 11.8. The molecule has 0 aliphatic rings. The smallest absolute Gasteiger partial charge is 0.123 e. The summed E-state index contributed by atoms with van der Waals surface area (Å²) < 4.78 is 13.3. The van der Waals surface area contributed by atoms with Crippen LogP contribution in [-0.2, 0) is 6.54 Å². The molecule has 2 rings (SSSR count). The van der Waals surface area contributed by atoms with Gasteiger partial charge in [-0.05, 0) is 42.4 Å². The van der Waals surface area contributed by atoms with Crippen LogP contribution in [0.4, 0.5) is 4.39 Å². The van der Waals surface area contributed by atoms with Gasteiger partial charge in [-0.25, -0.2) is 4.39 Å². The summed E-state index contributed by atoms with van der Waals surface area (Å²) in [5.74, 6) is -0.258. The van der Waals surface area contributed by atoms with Gasteiger partial charge in [-0.15, -0.1) is 11.3 Å². The Hall–Kier alpha value is -1.70. The molecule has 2 aromatic rings. The molecule has 0 fully saturated rings. The second kappa shape index (κ2) is 5.09. The lowest BCUT2D eigenvalue weighted by Crippen LogP contribution is -2.06. The molecule has 4 heteroatoms. The minimum Gasteiger partial charge on any atom is -0.316 e. The number of hydrogen-bond acceptors (Lipinski definition) is 3. The molecule has 2 nitrogen and oxygen atoms in total. The Morgan fingerprint density at radius 3 is 2.82 bits per heavy atom. The highest BCUT2D eigenvalue weighted by atomic mass is 32.1. The van der Waals surface area contributed by atoms with Gasteiger partial charge in [0, 0.05) is 11.4 Å². The lowest BCUT2D eigenvalue weighted by molar-refractivity contribution is 0.627. The number of nitrogens with one attached hydrogen (secondary N) is 1. The SMILES string of the molecule is CNCc1ccc(F)cc1-c1ccc(C#N)s1. The first-order chi connectivity index (χ1) is 8.24. The van der Waals surface area contributed by atoms with Gasteiger partial charge in [0.2, 0.25) is 0 Å². The topological polar surface area (TPSA) is 35.8 Å². The Morgan fingerprint density at radius 2 is 2.18 bits per heavy atom. The van der Waals surface area contributed by atoms with E-state index >= 15 is 0 Å². The fourth-order valence-corrected chi connectivity index (χ4v) is 2.52.